The van der Waals surface area contributed by atoms with Crippen LogP contribution in [0.4, 0.5) is 14.7 Å². The zero-order valence-electron chi connectivity index (χ0n) is 15.7. The summed E-state index contributed by atoms with van der Waals surface area (Å²) in [4.78, 5) is 23.8. The molecule has 0 aliphatic carbocycles. The average Bonchev–Trinajstić information content (AvgIpc) is 2.72. The topological polar surface area (TPSA) is 61.5 Å². The van der Waals surface area contributed by atoms with Crippen molar-refractivity contribution >= 4 is 5.95 Å². The van der Waals surface area contributed by atoms with Crippen LogP contribution in [0, 0.1) is 11.6 Å². The second-order valence-electron chi connectivity index (χ2n) is 7.36. The maximum atomic E-state index is 13.9. The molecule has 2 aromatic rings. The van der Waals surface area contributed by atoms with Gasteiger partial charge in [-0.2, -0.15) is 0 Å². The number of hydrogen-bond donors (Lipinski definition) is 1. The number of rotatable bonds is 4. The van der Waals surface area contributed by atoms with Crippen molar-refractivity contribution in [3.63, 3.8) is 0 Å². The number of nitrogens with zero attached hydrogens (tertiary/aromatic N) is 3. The largest absolute Gasteiger partial charge is 0.378 e. The van der Waals surface area contributed by atoms with E-state index in [1.54, 1.807) is 12.1 Å². The van der Waals surface area contributed by atoms with Crippen LogP contribution in [0.15, 0.2) is 29.1 Å². The van der Waals surface area contributed by atoms with Gasteiger partial charge in [-0.1, -0.05) is 12.1 Å². The number of benzene rings is 1. The average molecular weight is 390 g/mol. The van der Waals surface area contributed by atoms with Gasteiger partial charge >= 0.3 is 0 Å². The molecule has 0 bridgehead atoms. The van der Waals surface area contributed by atoms with Crippen molar-refractivity contribution in [2.45, 2.75) is 25.3 Å². The van der Waals surface area contributed by atoms with Crippen molar-refractivity contribution in [2.75, 3.05) is 44.3 Å². The molecule has 8 heteroatoms. The number of halogens is 2. The lowest BCUT2D eigenvalue weighted by atomic mass is 9.93. The fraction of sp³-hybridized carbons (Fsp3) is 0.500. The second kappa shape index (κ2) is 8.36. The highest BCUT2D eigenvalue weighted by molar-refractivity contribution is 5.31. The van der Waals surface area contributed by atoms with E-state index in [0.29, 0.717) is 44.4 Å². The van der Waals surface area contributed by atoms with Gasteiger partial charge in [-0.3, -0.25) is 14.7 Å². The second-order valence-corrected chi connectivity index (χ2v) is 7.36. The summed E-state index contributed by atoms with van der Waals surface area (Å²) in [5.74, 6) is -0.780. The molecule has 150 valence electrons. The first-order valence-corrected chi connectivity index (χ1v) is 9.69. The van der Waals surface area contributed by atoms with Gasteiger partial charge in [-0.25, -0.2) is 13.8 Å². The minimum Gasteiger partial charge on any atom is -0.378 e. The van der Waals surface area contributed by atoms with Crippen LogP contribution in [-0.2, 0) is 11.3 Å². The Morgan fingerprint density at radius 3 is 2.64 bits per heavy atom. The molecule has 2 saturated heterocycles. The van der Waals surface area contributed by atoms with Gasteiger partial charge < -0.3 is 9.64 Å². The number of nitrogens with one attached hydrogen (secondary N) is 1. The third-order valence-corrected chi connectivity index (χ3v) is 5.49. The number of ether oxygens (including phenoxy) is 1. The zero-order valence-corrected chi connectivity index (χ0v) is 15.7. The Hall–Kier alpha value is -2.32. The zero-order chi connectivity index (χ0) is 19.5. The first kappa shape index (κ1) is 19.0. The fourth-order valence-electron chi connectivity index (χ4n) is 3.90. The third-order valence-electron chi connectivity index (χ3n) is 5.49. The minimum atomic E-state index is -0.810. The van der Waals surface area contributed by atoms with Crippen LogP contribution >= 0.6 is 0 Å². The number of likely N-dealkylation sites (tertiary alicyclic amines) is 1. The number of H-pyrrole nitrogens is 1. The SMILES string of the molecule is O=c1cc(C2CCN(Cc3cccc(F)c3F)CC2)nc(N2CCOCC2)[nH]1. The van der Waals surface area contributed by atoms with E-state index in [0.717, 1.165) is 37.7 Å². The van der Waals surface area contributed by atoms with Crippen LogP contribution in [0.5, 0.6) is 0 Å². The minimum absolute atomic E-state index is 0.143. The summed E-state index contributed by atoms with van der Waals surface area (Å²) in [6, 6.07) is 5.87. The Kier molecular flexibility index (Phi) is 5.68. The Morgan fingerprint density at radius 1 is 1.14 bits per heavy atom. The van der Waals surface area contributed by atoms with Crippen LogP contribution in [0.2, 0.25) is 0 Å². The highest BCUT2D eigenvalue weighted by Gasteiger charge is 2.24. The molecule has 0 saturated carbocycles. The van der Waals surface area contributed by atoms with Crippen molar-refractivity contribution < 1.29 is 13.5 Å². The van der Waals surface area contributed by atoms with Crippen LogP contribution in [-0.4, -0.2) is 54.3 Å². The van der Waals surface area contributed by atoms with E-state index in [2.05, 4.69) is 9.88 Å². The van der Waals surface area contributed by atoms with Gasteiger partial charge in [0.15, 0.2) is 11.6 Å². The molecule has 1 aromatic heterocycles. The van der Waals surface area contributed by atoms with Crippen molar-refractivity contribution in [3.8, 4) is 0 Å². The first-order valence-electron chi connectivity index (χ1n) is 9.69. The van der Waals surface area contributed by atoms with Crippen molar-refractivity contribution in [2.24, 2.45) is 0 Å². The predicted molar refractivity (Wildman–Crippen MR) is 101 cm³/mol. The van der Waals surface area contributed by atoms with Gasteiger partial charge in [0, 0.05) is 37.2 Å². The van der Waals surface area contributed by atoms with E-state index in [9.17, 15) is 13.6 Å². The molecule has 6 nitrogen and oxygen atoms in total. The Bertz CT molecular complexity index is 875. The van der Waals surface area contributed by atoms with E-state index < -0.39 is 11.6 Å². The Labute approximate surface area is 162 Å². The van der Waals surface area contributed by atoms with Crippen molar-refractivity contribution in [1.82, 2.24) is 14.9 Å². The summed E-state index contributed by atoms with van der Waals surface area (Å²) >= 11 is 0. The summed E-state index contributed by atoms with van der Waals surface area (Å²) in [5, 5.41) is 0. The lowest BCUT2D eigenvalue weighted by Crippen LogP contribution is -2.39. The Morgan fingerprint density at radius 2 is 1.89 bits per heavy atom. The van der Waals surface area contributed by atoms with Gasteiger partial charge in [0.25, 0.3) is 5.56 Å². The summed E-state index contributed by atoms with van der Waals surface area (Å²) in [5.41, 5.74) is 1.04. The van der Waals surface area contributed by atoms with E-state index in [1.165, 1.54) is 6.07 Å². The smallest absolute Gasteiger partial charge is 0.252 e. The predicted octanol–water partition coefficient (Wildman–Crippen LogP) is 2.26. The molecule has 0 atom stereocenters. The van der Waals surface area contributed by atoms with Crippen LogP contribution < -0.4 is 10.5 Å². The highest BCUT2D eigenvalue weighted by atomic mass is 19.2. The van der Waals surface area contributed by atoms with Crippen molar-refractivity contribution in [1.29, 1.82) is 0 Å². The molecule has 3 heterocycles. The van der Waals surface area contributed by atoms with Gasteiger partial charge in [0.05, 0.1) is 18.9 Å². The molecule has 1 aromatic carbocycles. The van der Waals surface area contributed by atoms with Crippen molar-refractivity contribution in [3.05, 3.63) is 57.5 Å². The van der Waals surface area contributed by atoms with E-state index in [1.807, 2.05) is 4.90 Å². The molecule has 1 N–H and O–H groups in total. The van der Waals surface area contributed by atoms with Crippen LogP contribution in [0.3, 0.4) is 0 Å². The fourth-order valence-corrected chi connectivity index (χ4v) is 3.90. The monoisotopic (exact) mass is 390 g/mol. The van der Waals surface area contributed by atoms with Crippen LogP contribution in [0.1, 0.15) is 30.0 Å². The molecular weight excluding hydrogens is 366 g/mol. The molecule has 0 radical (unpaired) electrons. The van der Waals surface area contributed by atoms with Crippen LogP contribution in [0.25, 0.3) is 0 Å². The molecule has 0 unspecified atom stereocenters. The highest BCUT2D eigenvalue weighted by Crippen LogP contribution is 2.28. The molecule has 2 aliphatic heterocycles. The van der Waals surface area contributed by atoms with Gasteiger partial charge in [-0.05, 0) is 32.0 Å². The molecular formula is C20H24F2N4O2. The molecule has 28 heavy (non-hydrogen) atoms. The summed E-state index contributed by atoms with van der Waals surface area (Å²) < 4.78 is 32.7. The third kappa shape index (κ3) is 4.23. The van der Waals surface area contributed by atoms with Gasteiger partial charge in [0.1, 0.15) is 0 Å². The molecule has 0 amide bonds. The standard InChI is InChI=1S/C20H24F2N4O2/c21-16-3-1-2-15(19(16)22)13-25-6-4-14(5-7-25)17-12-18(27)24-20(23-17)26-8-10-28-11-9-26/h1-3,12,14H,4-11,13H2,(H,23,24,27). The summed E-state index contributed by atoms with van der Waals surface area (Å²) in [7, 11) is 0. The quantitative estimate of drug-likeness (QED) is 0.868. The number of aromatic nitrogens is 2. The number of piperidine rings is 1. The Balaban J connectivity index is 1.41. The number of aromatic amines is 1. The number of morpholine rings is 1. The summed E-state index contributed by atoms with van der Waals surface area (Å²) in [6.07, 6.45) is 1.66. The van der Waals surface area contributed by atoms with E-state index in [-0.39, 0.29) is 11.5 Å². The van der Waals surface area contributed by atoms with Gasteiger partial charge in [-0.15, -0.1) is 0 Å². The molecule has 2 aliphatic rings. The molecule has 2 fully saturated rings. The number of anilines is 1. The molecule has 4 rings (SSSR count). The van der Waals surface area contributed by atoms with Gasteiger partial charge in [0.2, 0.25) is 5.95 Å². The lowest BCUT2D eigenvalue weighted by Gasteiger charge is -2.32. The lowest BCUT2D eigenvalue weighted by molar-refractivity contribution is 0.122. The first-order chi connectivity index (χ1) is 13.6. The molecule has 0 spiro atoms. The van der Waals surface area contributed by atoms with E-state index in [4.69, 9.17) is 9.72 Å². The number of hydrogen-bond acceptors (Lipinski definition) is 5. The maximum absolute atomic E-state index is 13.9. The van der Waals surface area contributed by atoms with E-state index >= 15 is 0 Å². The maximum Gasteiger partial charge on any atom is 0.252 e. The normalized spacial score (nSPS) is 19.1. The summed E-state index contributed by atoms with van der Waals surface area (Å²) in [6.45, 7) is 4.57.